The summed E-state index contributed by atoms with van der Waals surface area (Å²) in [6.45, 7) is 5.39. The van der Waals surface area contributed by atoms with Crippen LogP contribution >= 0.6 is 0 Å². The number of amides is 4. The van der Waals surface area contributed by atoms with Crippen LogP contribution in [0.15, 0.2) is 36.4 Å². The number of hydroxylamine groups is 2. The average Bonchev–Trinajstić information content (AvgIpc) is 3.03. The van der Waals surface area contributed by atoms with E-state index in [0.717, 1.165) is 19.3 Å². The molecule has 1 heterocycles. The predicted molar refractivity (Wildman–Crippen MR) is 164 cm³/mol. The van der Waals surface area contributed by atoms with Gasteiger partial charge in [-0.2, -0.15) is 0 Å². The maximum atomic E-state index is 13.0. The van der Waals surface area contributed by atoms with Crippen LogP contribution in [0.2, 0.25) is 0 Å². The number of aromatic nitrogens is 1. The summed E-state index contributed by atoms with van der Waals surface area (Å²) in [5.74, 6) is -5.34. The van der Waals surface area contributed by atoms with E-state index in [0.29, 0.717) is 29.2 Å². The number of hydrogen-bond donors (Lipinski definition) is 6. The Morgan fingerprint density at radius 3 is 2.35 bits per heavy atom. The molecule has 0 fully saturated rings. The number of nitrogens with zero attached hydrogens (tertiary/aromatic N) is 2. The zero-order valence-corrected chi connectivity index (χ0v) is 26.0. The zero-order chi connectivity index (χ0) is 34.2. The van der Waals surface area contributed by atoms with Gasteiger partial charge in [0.2, 0.25) is 12.3 Å². The lowest BCUT2D eigenvalue weighted by atomic mass is 9.90. The highest BCUT2D eigenvalue weighted by atomic mass is 16.5. The molecule has 6 N–H and O–H groups in total. The molecule has 3 atom stereocenters. The Morgan fingerprint density at radius 2 is 1.74 bits per heavy atom. The van der Waals surface area contributed by atoms with Crippen molar-refractivity contribution in [3.8, 4) is 17.0 Å². The molecule has 46 heavy (non-hydrogen) atoms. The molecule has 0 aliphatic heterocycles. The van der Waals surface area contributed by atoms with Gasteiger partial charge in [0.1, 0.15) is 17.5 Å². The summed E-state index contributed by atoms with van der Waals surface area (Å²) >= 11 is 0. The minimum absolute atomic E-state index is 0.0253. The number of carbonyl (C=O) groups is 6. The van der Waals surface area contributed by atoms with Gasteiger partial charge in [-0.25, -0.2) is 14.8 Å². The molecule has 15 heteroatoms. The van der Waals surface area contributed by atoms with Gasteiger partial charge in [0, 0.05) is 5.56 Å². The third-order valence-electron chi connectivity index (χ3n) is 7.08. The molecule has 0 aliphatic carbocycles. The van der Waals surface area contributed by atoms with Crippen molar-refractivity contribution in [2.45, 2.75) is 71.4 Å². The molecule has 250 valence electrons. The van der Waals surface area contributed by atoms with Gasteiger partial charge in [-0.1, -0.05) is 45.2 Å². The lowest BCUT2D eigenvalue weighted by Crippen LogP contribution is -2.47. The van der Waals surface area contributed by atoms with Crippen LogP contribution in [0.25, 0.3) is 11.3 Å². The number of ether oxygens (including phenoxy) is 1. The van der Waals surface area contributed by atoms with Gasteiger partial charge in [-0.15, -0.1) is 0 Å². The van der Waals surface area contributed by atoms with E-state index >= 15 is 0 Å². The second kappa shape index (κ2) is 18.7. The molecule has 0 aliphatic rings. The van der Waals surface area contributed by atoms with E-state index in [1.54, 1.807) is 26.0 Å². The van der Waals surface area contributed by atoms with Crippen LogP contribution in [0.1, 0.15) is 80.1 Å². The van der Waals surface area contributed by atoms with Crippen molar-refractivity contribution in [3.05, 3.63) is 47.7 Å². The third kappa shape index (κ3) is 10.8. The average molecular weight is 644 g/mol. The Morgan fingerprint density at radius 1 is 1.00 bits per heavy atom. The highest BCUT2D eigenvalue weighted by Gasteiger charge is 2.31. The van der Waals surface area contributed by atoms with Crippen LogP contribution in [0, 0.1) is 5.92 Å². The molecule has 4 amide bonds. The number of carboxylic acid groups (broad SMARTS) is 2. The second-order valence-electron chi connectivity index (χ2n) is 10.3. The number of carboxylic acids is 2. The fourth-order valence-corrected chi connectivity index (χ4v) is 4.76. The van der Waals surface area contributed by atoms with Gasteiger partial charge in [0.25, 0.3) is 11.8 Å². The van der Waals surface area contributed by atoms with Crippen molar-refractivity contribution in [2.24, 2.45) is 5.92 Å². The zero-order valence-electron chi connectivity index (χ0n) is 26.0. The predicted octanol–water partition coefficient (Wildman–Crippen LogP) is 2.43. The van der Waals surface area contributed by atoms with E-state index in [1.165, 1.54) is 24.3 Å². The summed E-state index contributed by atoms with van der Waals surface area (Å²) in [5, 5.41) is 36.1. The highest BCUT2D eigenvalue weighted by molar-refractivity contribution is 6.00. The Kier molecular flexibility index (Phi) is 15.1. The molecule has 2 rings (SSSR count). The molecule has 2 aromatic rings. The first-order valence-electron chi connectivity index (χ1n) is 14.9. The van der Waals surface area contributed by atoms with Gasteiger partial charge < -0.3 is 30.9 Å². The van der Waals surface area contributed by atoms with Crippen molar-refractivity contribution < 1.29 is 48.9 Å². The second-order valence-corrected chi connectivity index (χ2v) is 10.3. The van der Waals surface area contributed by atoms with Gasteiger partial charge in [0.05, 0.1) is 42.9 Å². The molecule has 0 unspecified atom stereocenters. The molecule has 0 saturated heterocycles. The summed E-state index contributed by atoms with van der Waals surface area (Å²) in [4.78, 5) is 76.6. The monoisotopic (exact) mass is 643 g/mol. The Labute approximate surface area is 266 Å². The van der Waals surface area contributed by atoms with Crippen molar-refractivity contribution in [3.63, 3.8) is 0 Å². The number of aliphatic carboxylic acids is 2. The van der Waals surface area contributed by atoms with Crippen LogP contribution in [0.3, 0.4) is 0 Å². The molecule has 15 nitrogen and oxygen atoms in total. The minimum atomic E-state index is -1.65. The number of pyridine rings is 1. The maximum absolute atomic E-state index is 13.0. The summed E-state index contributed by atoms with van der Waals surface area (Å²) in [6, 6.07) is 6.68. The van der Waals surface area contributed by atoms with Gasteiger partial charge in [0.15, 0.2) is 0 Å². The summed E-state index contributed by atoms with van der Waals surface area (Å²) in [7, 11) is 0. The fraction of sp³-hybridized carbons (Fsp3) is 0.452. The van der Waals surface area contributed by atoms with Crippen molar-refractivity contribution in [1.82, 2.24) is 26.0 Å². The molecular weight excluding hydrogens is 602 g/mol. The lowest BCUT2D eigenvalue weighted by Gasteiger charge is -2.29. The number of nitrogens with one attached hydrogen (secondary N) is 3. The van der Waals surface area contributed by atoms with E-state index in [9.17, 15) is 39.1 Å². The van der Waals surface area contributed by atoms with Crippen molar-refractivity contribution in [1.29, 1.82) is 0 Å². The van der Waals surface area contributed by atoms with E-state index < -0.39 is 54.1 Å². The Balaban J connectivity index is 2.17. The van der Waals surface area contributed by atoms with Crippen molar-refractivity contribution in [2.75, 3.05) is 13.3 Å². The standard InChI is InChI=1S/C31H41N5O10/c1-4-7-8-10-20(25(5-2)36(45)18-37)28(40)32-17-33-30(42)23-12-9-11-22(34-23)19-13-14-21(26(15-19)46-6-3)29(41)35-24(31(43)44)16-27(38)39/h9,11-15,18,20,24-25,45H,4-8,10,16-17H2,1-3H3,(H,32,40)(H,33,42)(H,35,41)(H,38,39)(H,43,44)/t20-,24+,25-/m1/s1. The summed E-state index contributed by atoms with van der Waals surface area (Å²) in [5.41, 5.74) is 0.811. The van der Waals surface area contributed by atoms with E-state index in [4.69, 9.17) is 9.84 Å². The number of unbranched alkanes of at least 4 members (excludes halogenated alkanes) is 2. The van der Waals surface area contributed by atoms with E-state index in [1.807, 2.05) is 6.92 Å². The van der Waals surface area contributed by atoms with Crippen LogP contribution in [-0.2, 0) is 19.2 Å². The first kappa shape index (κ1) is 37.1. The maximum Gasteiger partial charge on any atom is 0.326 e. The first-order valence-corrected chi connectivity index (χ1v) is 14.9. The highest BCUT2D eigenvalue weighted by Crippen LogP contribution is 2.27. The molecule has 1 aromatic carbocycles. The smallest absolute Gasteiger partial charge is 0.326 e. The summed E-state index contributed by atoms with van der Waals surface area (Å²) < 4.78 is 5.58. The van der Waals surface area contributed by atoms with Crippen LogP contribution in [0.5, 0.6) is 5.75 Å². The normalized spacial score (nSPS) is 12.6. The quantitative estimate of drug-likeness (QED) is 0.0404. The van der Waals surface area contributed by atoms with Crippen LogP contribution < -0.4 is 20.7 Å². The molecule has 0 saturated carbocycles. The number of benzene rings is 1. The molecular formula is C31H41N5O10. The van der Waals surface area contributed by atoms with Gasteiger partial charge in [-0.3, -0.25) is 29.2 Å². The topological polar surface area (TPSA) is 225 Å². The van der Waals surface area contributed by atoms with Crippen molar-refractivity contribution >= 4 is 36.1 Å². The third-order valence-corrected chi connectivity index (χ3v) is 7.08. The lowest BCUT2D eigenvalue weighted by molar-refractivity contribution is -0.168. The molecule has 0 radical (unpaired) electrons. The molecule has 0 spiro atoms. The number of rotatable bonds is 20. The SMILES string of the molecule is CCCCC[C@@H](C(=O)NCNC(=O)c1cccc(-c2ccc(C(=O)N[C@@H](CC(=O)O)C(=O)O)c(OCC)c2)n1)[C@@H](CC)N(O)C=O. The first-order chi connectivity index (χ1) is 22.0. The van der Waals surface area contributed by atoms with Gasteiger partial charge in [-0.05, 0) is 44.0 Å². The fourth-order valence-electron chi connectivity index (χ4n) is 4.76. The van der Waals surface area contributed by atoms with Crippen LogP contribution in [0.4, 0.5) is 0 Å². The Hall–Kier alpha value is -5.05. The number of carbonyl (C=O) groups excluding carboxylic acids is 4. The minimum Gasteiger partial charge on any atom is -0.493 e. The number of hydrogen-bond acceptors (Lipinski definition) is 9. The Bertz CT molecular complexity index is 1390. The van der Waals surface area contributed by atoms with E-state index in [2.05, 4.69) is 20.9 Å². The molecule has 1 aromatic heterocycles. The largest absolute Gasteiger partial charge is 0.493 e. The van der Waals surface area contributed by atoms with Crippen LogP contribution in [-0.4, -0.2) is 86.9 Å². The molecule has 0 bridgehead atoms. The summed E-state index contributed by atoms with van der Waals surface area (Å²) in [6.07, 6.45) is 2.80. The van der Waals surface area contributed by atoms with E-state index in [-0.39, 0.29) is 36.7 Å². The van der Waals surface area contributed by atoms with Gasteiger partial charge >= 0.3 is 11.9 Å².